The Balaban J connectivity index is 1.61. The van der Waals surface area contributed by atoms with Crippen LogP contribution in [0.2, 0.25) is 0 Å². The normalized spacial score (nSPS) is 14.2. The van der Waals surface area contributed by atoms with E-state index in [1.165, 1.54) is 12.8 Å². The number of hydrogen-bond donors (Lipinski definition) is 2. The molecule has 0 atom stereocenters. The van der Waals surface area contributed by atoms with Gasteiger partial charge in [-0.15, -0.1) is 0 Å². The van der Waals surface area contributed by atoms with E-state index in [1.54, 1.807) is 24.3 Å². The van der Waals surface area contributed by atoms with Crippen molar-refractivity contribution in [2.75, 3.05) is 5.32 Å². The zero-order valence-electron chi connectivity index (χ0n) is 14.6. The lowest BCUT2D eigenvalue weighted by atomic mass is 10.0. The fourth-order valence-corrected chi connectivity index (χ4v) is 3.27. The molecule has 1 saturated carbocycles. The Morgan fingerprint density at radius 3 is 2.50 bits per heavy atom. The fourth-order valence-electron chi connectivity index (χ4n) is 3.27. The van der Waals surface area contributed by atoms with Crippen molar-refractivity contribution in [2.45, 2.75) is 44.6 Å². The van der Waals surface area contributed by atoms with Gasteiger partial charge in [0.05, 0.1) is 17.4 Å². The van der Waals surface area contributed by atoms with Gasteiger partial charge in [-0.3, -0.25) is 4.79 Å². The predicted octanol–water partition coefficient (Wildman–Crippen LogP) is 4.28. The van der Waals surface area contributed by atoms with E-state index in [4.69, 9.17) is 4.74 Å². The molecule has 0 radical (unpaired) electrons. The first-order chi connectivity index (χ1) is 12.6. The van der Waals surface area contributed by atoms with E-state index in [2.05, 4.69) is 5.32 Å². The standard InChI is InChI=1S/C21H23NO4/c23-20(14-13-15-7-1-4-10-17(15)21(24)25)22-18-11-5-6-12-19(18)26-16-8-2-3-9-16/h1,4-7,10-12,16H,2-3,8-9,13-14H2,(H,22,23)(H,24,25). The SMILES string of the molecule is O=C(CCc1ccccc1C(=O)O)Nc1ccccc1OC1CCCC1. The maximum absolute atomic E-state index is 12.3. The molecule has 5 nitrogen and oxygen atoms in total. The van der Waals surface area contributed by atoms with Gasteiger partial charge in [0, 0.05) is 6.42 Å². The summed E-state index contributed by atoms with van der Waals surface area (Å²) in [6, 6.07) is 14.2. The Bertz CT molecular complexity index is 781. The smallest absolute Gasteiger partial charge is 0.335 e. The number of ether oxygens (including phenoxy) is 1. The highest BCUT2D eigenvalue weighted by molar-refractivity contribution is 5.93. The van der Waals surface area contributed by atoms with E-state index in [1.807, 2.05) is 24.3 Å². The second-order valence-electron chi connectivity index (χ2n) is 6.53. The van der Waals surface area contributed by atoms with Crippen LogP contribution in [0, 0.1) is 0 Å². The second kappa shape index (κ2) is 8.52. The van der Waals surface area contributed by atoms with Gasteiger partial charge in [-0.25, -0.2) is 4.79 Å². The van der Waals surface area contributed by atoms with Crippen LogP contribution in [-0.4, -0.2) is 23.1 Å². The van der Waals surface area contributed by atoms with E-state index in [-0.39, 0.29) is 24.0 Å². The van der Waals surface area contributed by atoms with Crippen molar-refractivity contribution in [3.05, 3.63) is 59.7 Å². The third kappa shape index (κ3) is 4.63. The summed E-state index contributed by atoms with van der Waals surface area (Å²) >= 11 is 0. The number of carbonyl (C=O) groups excluding carboxylic acids is 1. The molecule has 1 aliphatic rings. The number of carboxylic acids is 1. The third-order valence-electron chi connectivity index (χ3n) is 4.63. The number of carboxylic acid groups (broad SMARTS) is 1. The monoisotopic (exact) mass is 353 g/mol. The Labute approximate surface area is 153 Å². The first-order valence-electron chi connectivity index (χ1n) is 9.00. The van der Waals surface area contributed by atoms with Crippen LogP contribution in [0.25, 0.3) is 0 Å². The van der Waals surface area contributed by atoms with Gasteiger partial charge in [0.25, 0.3) is 0 Å². The average molecular weight is 353 g/mol. The first kappa shape index (κ1) is 18.0. The molecule has 2 N–H and O–H groups in total. The largest absolute Gasteiger partial charge is 0.488 e. The van der Waals surface area contributed by atoms with Crippen LogP contribution in [0.15, 0.2) is 48.5 Å². The van der Waals surface area contributed by atoms with Crippen molar-refractivity contribution >= 4 is 17.6 Å². The molecule has 0 spiro atoms. The lowest BCUT2D eigenvalue weighted by molar-refractivity contribution is -0.116. The van der Waals surface area contributed by atoms with Crippen molar-refractivity contribution in [1.82, 2.24) is 0 Å². The maximum atomic E-state index is 12.3. The van der Waals surface area contributed by atoms with E-state index in [9.17, 15) is 14.7 Å². The number of nitrogens with one attached hydrogen (secondary N) is 1. The summed E-state index contributed by atoms with van der Waals surface area (Å²) in [5, 5.41) is 12.1. The number of amides is 1. The van der Waals surface area contributed by atoms with Crippen LogP contribution < -0.4 is 10.1 Å². The lowest BCUT2D eigenvalue weighted by Gasteiger charge is -2.17. The second-order valence-corrected chi connectivity index (χ2v) is 6.53. The highest BCUT2D eigenvalue weighted by Gasteiger charge is 2.18. The van der Waals surface area contributed by atoms with E-state index in [0.29, 0.717) is 23.4 Å². The Hall–Kier alpha value is -2.82. The summed E-state index contributed by atoms with van der Waals surface area (Å²) in [5.74, 6) is -0.442. The molecule has 0 unspecified atom stereocenters. The Morgan fingerprint density at radius 2 is 1.73 bits per heavy atom. The summed E-state index contributed by atoms with van der Waals surface area (Å²) in [4.78, 5) is 23.6. The van der Waals surface area contributed by atoms with E-state index >= 15 is 0 Å². The van der Waals surface area contributed by atoms with Crippen LogP contribution in [0.1, 0.15) is 48.0 Å². The van der Waals surface area contributed by atoms with Crippen LogP contribution in [0.5, 0.6) is 5.75 Å². The van der Waals surface area contributed by atoms with Crippen molar-refractivity contribution < 1.29 is 19.4 Å². The van der Waals surface area contributed by atoms with Crippen molar-refractivity contribution in [3.8, 4) is 5.75 Å². The van der Waals surface area contributed by atoms with Crippen molar-refractivity contribution in [2.24, 2.45) is 0 Å². The molecule has 26 heavy (non-hydrogen) atoms. The number of benzene rings is 2. The molecule has 2 aromatic carbocycles. The third-order valence-corrected chi connectivity index (χ3v) is 4.63. The first-order valence-corrected chi connectivity index (χ1v) is 9.00. The lowest BCUT2D eigenvalue weighted by Crippen LogP contribution is -2.16. The maximum Gasteiger partial charge on any atom is 0.335 e. The van der Waals surface area contributed by atoms with Crippen molar-refractivity contribution in [1.29, 1.82) is 0 Å². The van der Waals surface area contributed by atoms with Gasteiger partial charge in [0.2, 0.25) is 5.91 Å². The molecule has 0 aromatic heterocycles. The Morgan fingerprint density at radius 1 is 1.04 bits per heavy atom. The zero-order chi connectivity index (χ0) is 18.4. The number of para-hydroxylation sites is 2. The Kier molecular flexibility index (Phi) is 5.89. The van der Waals surface area contributed by atoms with Gasteiger partial charge < -0.3 is 15.2 Å². The minimum Gasteiger partial charge on any atom is -0.488 e. The van der Waals surface area contributed by atoms with Crippen LogP contribution in [0.3, 0.4) is 0 Å². The van der Waals surface area contributed by atoms with Crippen molar-refractivity contribution in [3.63, 3.8) is 0 Å². The molecular weight excluding hydrogens is 330 g/mol. The van der Waals surface area contributed by atoms with Crippen LogP contribution in [0.4, 0.5) is 5.69 Å². The van der Waals surface area contributed by atoms with E-state index < -0.39 is 5.97 Å². The van der Waals surface area contributed by atoms with Crippen LogP contribution >= 0.6 is 0 Å². The molecule has 1 fully saturated rings. The predicted molar refractivity (Wildman–Crippen MR) is 99.7 cm³/mol. The molecule has 3 rings (SSSR count). The number of aromatic carboxylic acids is 1. The van der Waals surface area contributed by atoms with E-state index in [0.717, 1.165) is 12.8 Å². The topological polar surface area (TPSA) is 75.6 Å². The molecule has 2 aromatic rings. The summed E-state index contributed by atoms with van der Waals surface area (Å²) in [6.45, 7) is 0. The number of hydrogen-bond acceptors (Lipinski definition) is 3. The number of rotatable bonds is 7. The number of aryl methyl sites for hydroxylation is 1. The summed E-state index contributed by atoms with van der Waals surface area (Å²) in [7, 11) is 0. The highest BCUT2D eigenvalue weighted by atomic mass is 16.5. The molecule has 5 heteroatoms. The highest BCUT2D eigenvalue weighted by Crippen LogP contribution is 2.29. The molecular formula is C21H23NO4. The summed E-state index contributed by atoms with van der Waals surface area (Å²) in [6.07, 6.45) is 5.27. The molecule has 0 heterocycles. The molecule has 0 bridgehead atoms. The molecule has 0 saturated heterocycles. The molecule has 0 aliphatic heterocycles. The summed E-state index contributed by atoms with van der Waals surface area (Å²) in [5.41, 5.74) is 1.56. The molecule has 136 valence electrons. The van der Waals surface area contributed by atoms with Gasteiger partial charge in [0.15, 0.2) is 0 Å². The zero-order valence-corrected chi connectivity index (χ0v) is 14.6. The summed E-state index contributed by atoms with van der Waals surface area (Å²) < 4.78 is 6.03. The van der Waals surface area contributed by atoms with Crippen LogP contribution in [-0.2, 0) is 11.2 Å². The quantitative estimate of drug-likeness (QED) is 0.779. The number of carbonyl (C=O) groups is 2. The minimum absolute atomic E-state index is 0.160. The van der Waals surface area contributed by atoms with Gasteiger partial charge in [-0.1, -0.05) is 30.3 Å². The minimum atomic E-state index is -0.976. The number of anilines is 1. The molecule has 1 amide bonds. The van der Waals surface area contributed by atoms with Gasteiger partial charge >= 0.3 is 5.97 Å². The van der Waals surface area contributed by atoms with Gasteiger partial charge in [-0.05, 0) is 55.9 Å². The average Bonchev–Trinajstić information content (AvgIpc) is 3.15. The van der Waals surface area contributed by atoms with Gasteiger partial charge in [-0.2, -0.15) is 0 Å². The fraction of sp³-hybridized carbons (Fsp3) is 0.333. The molecule has 1 aliphatic carbocycles. The van der Waals surface area contributed by atoms with Gasteiger partial charge in [0.1, 0.15) is 5.75 Å².